The second-order valence-corrected chi connectivity index (χ2v) is 6.38. The van der Waals surface area contributed by atoms with Crippen LogP contribution in [0.25, 0.3) is 0 Å². The summed E-state index contributed by atoms with van der Waals surface area (Å²) in [5, 5.41) is 11.5. The van der Waals surface area contributed by atoms with Crippen LogP contribution in [-0.4, -0.2) is 19.6 Å². The number of rotatable bonds is 8. The van der Waals surface area contributed by atoms with Crippen molar-refractivity contribution in [2.45, 2.75) is 26.7 Å². The van der Waals surface area contributed by atoms with Crippen LogP contribution in [0.3, 0.4) is 0 Å². The fourth-order valence-electron chi connectivity index (χ4n) is 2.33. The number of nitrogens with zero attached hydrogens (tertiary/aromatic N) is 1. The lowest BCUT2D eigenvalue weighted by Crippen LogP contribution is -2.12. The van der Waals surface area contributed by atoms with Crippen LogP contribution >= 0.6 is 0 Å². The normalized spacial score (nSPS) is 10.3. The third-order valence-electron chi connectivity index (χ3n) is 3.87. The summed E-state index contributed by atoms with van der Waals surface area (Å²) in [6, 6.07) is 14.4. The molecule has 26 heavy (non-hydrogen) atoms. The number of nitriles is 1. The van der Waals surface area contributed by atoms with E-state index in [4.69, 9.17) is 14.7 Å². The quantitative estimate of drug-likeness (QED) is 0.762. The second kappa shape index (κ2) is 9.47. The minimum absolute atomic E-state index is 0.231. The Kier molecular flexibility index (Phi) is 7.04. The number of ether oxygens (including phenoxy) is 2. The van der Waals surface area contributed by atoms with E-state index in [1.165, 1.54) is 0 Å². The number of hydrogen-bond acceptors (Lipinski definition) is 4. The summed E-state index contributed by atoms with van der Waals surface area (Å²) < 4.78 is 11.1. The maximum absolute atomic E-state index is 12.4. The average Bonchev–Trinajstić information content (AvgIpc) is 2.63. The predicted octanol–water partition coefficient (Wildman–Crippen LogP) is 4.44. The van der Waals surface area contributed by atoms with Gasteiger partial charge in [-0.3, -0.25) is 4.79 Å². The fraction of sp³-hybridized carbons (Fsp3) is 0.333. The zero-order chi connectivity index (χ0) is 18.9. The van der Waals surface area contributed by atoms with Crippen LogP contribution in [0.15, 0.2) is 42.5 Å². The molecule has 2 aromatic rings. The number of methoxy groups -OCH3 is 1. The summed E-state index contributed by atoms with van der Waals surface area (Å²) in [6.07, 6.45) is 1.30. The Balaban J connectivity index is 2.05. The maximum Gasteiger partial charge on any atom is 0.255 e. The fourth-order valence-corrected chi connectivity index (χ4v) is 2.33. The van der Waals surface area contributed by atoms with Crippen LogP contribution in [0.4, 0.5) is 5.69 Å². The van der Waals surface area contributed by atoms with Crippen LogP contribution in [0.1, 0.15) is 36.2 Å². The largest absolute Gasteiger partial charge is 0.493 e. The van der Waals surface area contributed by atoms with Crippen molar-refractivity contribution < 1.29 is 14.3 Å². The number of amides is 1. The lowest BCUT2D eigenvalue weighted by Gasteiger charge is -2.13. The number of hydrogen-bond donors (Lipinski definition) is 1. The first-order valence-electron chi connectivity index (χ1n) is 8.61. The van der Waals surface area contributed by atoms with Crippen molar-refractivity contribution in [2.24, 2.45) is 5.92 Å². The molecule has 1 N–H and O–H groups in total. The van der Waals surface area contributed by atoms with Crippen LogP contribution in [0.2, 0.25) is 0 Å². The van der Waals surface area contributed by atoms with Crippen molar-refractivity contribution in [1.29, 1.82) is 5.26 Å². The number of carbonyl (C=O) groups is 1. The number of anilines is 1. The zero-order valence-corrected chi connectivity index (χ0v) is 15.4. The molecule has 0 atom stereocenters. The highest BCUT2D eigenvalue weighted by Gasteiger charge is 2.12. The first kappa shape index (κ1) is 19.3. The number of benzene rings is 2. The molecule has 0 bridgehead atoms. The average molecular weight is 352 g/mol. The lowest BCUT2D eigenvalue weighted by molar-refractivity contribution is 0.102. The van der Waals surface area contributed by atoms with Crippen molar-refractivity contribution in [3.8, 4) is 17.6 Å². The zero-order valence-electron chi connectivity index (χ0n) is 15.4. The van der Waals surface area contributed by atoms with E-state index in [0.29, 0.717) is 41.7 Å². The molecule has 0 spiro atoms. The molecule has 2 aromatic carbocycles. The molecule has 0 heterocycles. The van der Waals surface area contributed by atoms with Crippen molar-refractivity contribution in [3.05, 3.63) is 53.6 Å². The van der Waals surface area contributed by atoms with Gasteiger partial charge in [-0.2, -0.15) is 5.26 Å². The van der Waals surface area contributed by atoms with Crippen LogP contribution in [-0.2, 0) is 6.42 Å². The van der Waals surface area contributed by atoms with E-state index in [9.17, 15) is 4.79 Å². The van der Waals surface area contributed by atoms with Gasteiger partial charge < -0.3 is 14.8 Å². The Bertz CT molecular complexity index is 777. The maximum atomic E-state index is 12.4. The van der Waals surface area contributed by atoms with Crippen molar-refractivity contribution in [1.82, 2.24) is 0 Å². The Morgan fingerprint density at radius 1 is 1.15 bits per heavy atom. The molecule has 5 nitrogen and oxygen atoms in total. The molecule has 136 valence electrons. The van der Waals surface area contributed by atoms with E-state index in [0.717, 1.165) is 12.0 Å². The molecule has 0 unspecified atom stereocenters. The van der Waals surface area contributed by atoms with Gasteiger partial charge in [0.15, 0.2) is 11.5 Å². The van der Waals surface area contributed by atoms with Crippen LogP contribution in [0.5, 0.6) is 11.5 Å². The highest BCUT2D eigenvalue weighted by molar-refractivity contribution is 6.04. The summed E-state index contributed by atoms with van der Waals surface area (Å²) in [5.74, 6) is 1.49. The Morgan fingerprint density at radius 2 is 1.88 bits per heavy atom. The lowest BCUT2D eigenvalue weighted by atomic mass is 10.1. The molecule has 0 aliphatic heterocycles. The Labute approximate surface area is 154 Å². The molecule has 0 aliphatic rings. The van der Waals surface area contributed by atoms with E-state index in [1.54, 1.807) is 37.4 Å². The minimum atomic E-state index is -0.231. The summed E-state index contributed by atoms with van der Waals surface area (Å²) in [7, 11) is 1.56. The van der Waals surface area contributed by atoms with Gasteiger partial charge in [0.1, 0.15) is 0 Å². The monoisotopic (exact) mass is 352 g/mol. The van der Waals surface area contributed by atoms with Gasteiger partial charge in [0.2, 0.25) is 0 Å². The third-order valence-corrected chi connectivity index (χ3v) is 3.87. The molecule has 0 saturated heterocycles. The molecule has 0 saturated carbocycles. The minimum Gasteiger partial charge on any atom is -0.493 e. The van der Waals surface area contributed by atoms with Gasteiger partial charge in [-0.05, 0) is 48.2 Å². The SMILES string of the molecule is COc1cc(C(=O)Nc2ccc(CC#N)cc2)ccc1OCCC(C)C. The molecule has 2 rings (SSSR count). The van der Waals surface area contributed by atoms with Crippen molar-refractivity contribution in [2.75, 3.05) is 19.0 Å². The van der Waals surface area contributed by atoms with Crippen molar-refractivity contribution >= 4 is 11.6 Å². The van der Waals surface area contributed by atoms with Crippen LogP contribution in [0, 0.1) is 17.2 Å². The summed E-state index contributed by atoms with van der Waals surface area (Å²) in [5.41, 5.74) is 2.07. The molecular weight excluding hydrogens is 328 g/mol. The third kappa shape index (κ3) is 5.52. The topological polar surface area (TPSA) is 71.3 Å². The molecule has 0 fully saturated rings. The highest BCUT2D eigenvalue weighted by atomic mass is 16.5. The van der Waals surface area contributed by atoms with Gasteiger partial charge in [-0.25, -0.2) is 0 Å². The Hall–Kier alpha value is -3.00. The summed E-state index contributed by atoms with van der Waals surface area (Å²) in [4.78, 5) is 12.4. The second-order valence-electron chi connectivity index (χ2n) is 6.38. The van der Waals surface area contributed by atoms with Gasteiger partial charge in [-0.1, -0.05) is 26.0 Å². The van der Waals surface area contributed by atoms with Gasteiger partial charge in [-0.15, -0.1) is 0 Å². The summed E-state index contributed by atoms with van der Waals surface area (Å²) >= 11 is 0. The van der Waals surface area contributed by atoms with Gasteiger partial charge in [0, 0.05) is 11.3 Å². The first-order chi connectivity index (χ1) is 12.5. The first-order valence-corrected chi connectivity index (χ1v) is 8.61. The van der Waals surface area contributed by atoms with Gasteiger partial charge in [0.05, 0.1) is 26.2 Å². The van der Waals surface area contributed by atoms with Crippen molar-refractivity contribution in [3.63, 3.8) is 0 Å². The molecule has 0 aliphatic carbocycles. The summed E-state index contributed by atoms with van der Waals surface area (Å²) in [6.45, 7) is 4.89. The molecular formula is C21H24N2O3. The van der Waals surface area contributed by atoms with E-state index in [-0.39, 0.29) is 5.91 Å². The van der Waals surface area contributed by atoms with E-state index >= 15 is 0 Å². The number of carbonyl (C=O) groups excluding carboxylic acids is 1. The Morgan fingerprint density at radius 3 is 2.50 bits per heavy atom. The van der Waals surface area contributed by atoms with Crippen LogP contribution < -0.4 is 14.8 Å². The number of nitrogens with one attached hydrogen (secondary N) is 1. The smallest absolute Gasteiger partial charge is 0.255 e. The highest BCUT2D eigenvalue weighted by Crippen LogP contribution is 2.28. The van der Waals surface area contributed by atoms with Gasteiger partial charge in [0.25, 0.3) is 5.91 Å². The standard InChI is InChI=1S/C21H24N2O3/c1-15(2)11-13-26-19-9-6-17(14-20(19)25-3)21(24)23-18-7-4-16(5-8-18)10-12-22/h4-9,14-15H,10-11,13H2,1-3H3,(H,23,24). The van der Waals surface area contributed by atoms with Gasteiger partial charge >= 0.3 is 0 Å². The van der Waals surface area contributed by atoms with E-state index in [1.807, 2.05) is 12.1 Å². The molecule has 0 aromatic heterocycles. The molecule has 5 heteroatoms. The predicted molar refractivity (Wildman–Crippen MR) is 102 cm³/mol. The van der Waals surface area contributed by atoms with E-state index in [2.05, 4.69) is 25.2 Å². The van der Waals surface area contributed by atoms with E-state index < -0.39 is 0 Å². The molecule has 0 radical (unpaired) electrons. The molecule has 1 amide bonds.